The molecule has 0 saturated heterocycles. The van der Waals surface area contributed by atoms with E-state index in [2.05, 4.69) is 5.32 Å². The van der Waals surface area contributed by atoms with Gasteiger partial charge >= 0.3 is 0 Å². The molecular formula is C16H18N2O3. The number of carbonyl (C=O) groups is 1. The lowest BCUT2D eigenvalue weighted by molar-refractivity contribution is -0.131. The van der Waals surface area contributed by atoms with Crippen molar-refractivity contribution in [2.75, 3.05) is 12.8 Å². The number of ether oxygens (including phenoxy) is 1. The number of hydrogen-bond acceptors (Lipinski definition) is 4. The Morgan fingerprint density at radius 3 is 2.67 bits per heavy atom. The molecule has 0 aliphatic heterocycles. The fourth-order valence-electron chi connectivity index (χ4n) is 2.04. The summed E-state index contributed by atoms with van der Waals surface area (Å²) < 4.78 is 5.24. The number of benzene rings is 2. The van der Waals surface area contributed by atoms with Crippen LogP contribution in [0.15, 0.2) is 48.5 Å². The minimum Gasteiger partial charge on any atom is -0.508 e. The van der Waals surface area contributed by atoms with E-state index in [1.807, 2.05) is 30.3 Å². The van der Waals surface area contributed by atoms with Gasteiger partial charge in [-0.2, -0.15) is 0 Å². The quantitative estimate of drug-likeness (QED) is 0.579. The average molecular weight is 286 g/mol. The number of nitrogens with one attached hydrogen (secondary N) is 1. The number of rotatable bonds is 5. The van der Waals surface area contributed by atoms with Crippen LogP contribution in [0.3, 0.4) is 0 Å². The van der Waals surface area contributed by atoms with Crippen LogP contribution in [0, 0.1) is 0 Å². The molecule has 0 radical (unpaired) electrons. The lowest BCUT2D eigenvalue weighted by atomic mass is 10.1. The summed E-state index contributed by atoms with van der Waals surface area (Å²) in [5.74, 6) is -0.177. The first-order valence-electron chi connectivity index (χ1n) is 6.54. The average Bonchev–Trinajstić information content (AvgIpc) is 2.50. The highest BCUT2D eigenvalue weighted by Crippen LogP contribution is 2.20. The van der Waals surface area contributed by atoms with Gasteiger partial charge in [0.1, 0.15) is 5.75 Å². The second-order valence-corrected chi connectivity index (χ2v) is 4.63. The number of methoxy groups -OCH3 is 1. The highest BCUT2D eigenvalue weighted by Gasteiger charge is 2.19. The lowest BCUT2D eigenvalue weighted by Crippen LogP contribution is -2.30. The molecule has 0 fully saturated rings. The van der Waals surface area contributed by atoms with Crippen LogP contribution in [0.4, 0.5) is 5.69 Å². The number of phenolic OH excluding ortho intramolecular Hbond substituents is 1. The van der Waals surface area contributed by atoms with E-state index < -0.39 is 6.10 Å². The number of nitrogens with two attached hydrogens (primary N) is 1. The highest BCUT2D eigenvalue weighted by atomic mass is 16.5. The first-order valence-corrected chi connectivity index (χ1v) is 6.54. The SMILES string of the molecule is COC(C(=O)NCc1cc(N)ccc1O)c1ccccc1. The Hall–Kier alpha value is -2.53. The molecule has 5 heteroatoms. The van der Waals surface area contributed by atoms with Crippen molar-refractivity contribution in [1.29, 1.82) is 0 Å². The predicted molar refractivity (Wildman–Crippen MR) is 80.6 cm³/mol. The Kier molecular flexibility index (Phi) is 4.79. The minimum absolute atomic E-state index is 0.0955. The maximum atomic E-state index is 12.2. The van der Waals surface area contributed by atoms with E-state index in [-0.39, 0.29) is 18.2 Å². The molecule has 0 aromatic heterocycles. The van der Waals surface area contributed by atoms with Gasteiger partial charge in [0.2, 0.25) is 0 Å². The number of hydrogen-bond donors (Lipinski definition) is 3. The number of nitrogen functional groups attached to an aromatic ring is 1. The fraction of sp³-hybridized carbons (Fsp3) is 0.188. The molecule has 1 unspecified atom stereocenters. The van der Waals surface area contributed by atoms with E-state index in [0.29, 0.717) is 11.3 Å². The van der Waals surface area contributed by atoms with Crippen molar-refractivity contribution in [3.05, 3.63) is 59.7 Å². The molecule has 2 rings (SSSR count). The van der Waals surface area contributed by atoms with Crippen LogP contribution in [0.2, 0.25) is 0 Å². The van der Waals surface area contributed by atoms with Gasteiger partial charge in [0, 0.05) is 24.9 Å². The predicted octanol–water partition coefficient (Wildman–Crippen LogP) is 1.98. The Morgan fingerprint density at radius 2 is 2.00 bits per heavy atom. The van der Waals surface area contributed by atoms with Crippen LogP contribution in [-0.4, -0.2) is 18.1 Å². The first-order chi connectivity index (χ1) is 10.1. The van der Waals surface area contributed by atoms with Gasteiger partial charge in [-0.1, -0.05) is 30.3 Å². The zero-order valence-corrected chi connectivity index (χ0v) is 11.7. The van der Waals surface area contributed by atoms with Crippen molar-refractivity contribution in [3.8, 4) is 5.75 Å². The maximum absolute atomic E-state index is 12.2. The molecule has 0 heterocycles. The summed E-state index contributed by atoms with van der Waals surface area (Å²) in [6.07, 6.45) is -0.686. The molecule has 0 spiro atoms. The van der Waals surface area contributed by atoms with Crippen molar-refractivity contribution >= 4 is 11.6 Å². The van der Waals surface area contributed by atoms with Gasteiger partial charge in [-0.25, -0.2) is 0 Å². The molecule has 21 heavy (non-hydrogen) atoms. The molecule has 1 atom stereocenters. The molecule has 110 valence electrons. The van der Waals surface area contributed by atoms with Crippen molar-refractivity contribution in [3.63, 3.8) is 0 Å². The number of phenols is 1. The van der Waals surface area contributed by atoms with Crippen molar-refractivity contribution in [2.45, 2.75) is 12.6 Å². The van der Waals surface area contributed by atoms with E-state index in [0.717, 1.165) is 5.56 Å². The van der Waals surface area contributed by atoms with Crippen molar-refractivity contribution in [1.82, 2.24) is 5.32 Å². The number of aromatic hydroxyl groups is 1. The Morgan fingerprint density at radius 1 is 1.29 bits per heavy atom. The third kappa shape index (κ3) is 3.73. The second-order valence-electron chi connectivity index (χ2n) is 4.63. The second kappa shape index (κ2) is 6.76. The van der Waals surface area contributed by atoms with Gasteiger partial charge in [0.15, 0.2) is 6.10 Å². The molecule has 4 N–H and O–H groups in total. The third-order valence-electron chi connectivity index (χ3n) is 3.13. The summed E-state index contributed by atoms with van der Waals surface area (Å²) in [5, 5.41) is 12.5. The zero-order chi connectivity index (χ0) is 15.2. The summed E-state index contributed by atoms with van der Waals surface area (Å²) in [7, 11) is 1.48. The van der Waals surface area contributed by atoms with Gasteiger partial charge in [-0.05, 0) is 23.8 Å². The summed E-state index contributed by atoms with van der Waals surface area (Å²) in [6, 6.07) is 13.9. The van der Waals surface area contributed by atoms with Crippen LogP contribution in [0.25, 0.3) is 0 Å². The monoisotopic (exact) mass is 286 g/mol. The summed E-state index contributed by atoms with van der Waals surface area (Å²) in [4.78, 5) is 12.2. The smallest absolute Gasteiger partial charge is 0.254 e. The minimum atomic E-state index is -0.686. The topological polar surface area (TPSA) is 84.6 Å². The maximum Gasteiger partial charge on any atom is 0.254 e. The number of anilines is 1. The van der Waals surface area contributed by atoms with E-state index in [1.54, 1.807) is 12.1 Å². The normalized spacial score (nSPS) is 11.9. The van der Waals surface area contributed by atoms with Gasteiger partial charge < -0.3 is 20.9 Å². The standard InChI is InChI=1S/C16H18N2O3/c1-21-15(11-5-3-2-4-6-11)16(20)18-10-12-9-13(17)7-8-14(12)19/h2-9,15,19H,10,17H2,1H3,(H,18,20). The molecule has 5 nitrogen and oxygen atoms in total. The molecule has 0 aliphatic carbocycles. The largest absolute Gasteiger partial charge is 0.508 e. The van der Waals surface area contributed by atoms with Crippen LogP contribution in [-0.2, 0) is 16.1 Å². The van der Waals surface area contributed by atoms with Crippen molar-refractivity contribution < 1.29 is 14.6 Å². The van der Waals surface area contributed by atoms with Gasteiger partial charge in [-0.15, -0.1) is 0 Å². The van der Waals surface area contributed by atoms with E-state index >= 15 is 0 Å². The van der Waals surface area contributed by atoms with Crippen LogP contribution in [0.1, 0.15) is 17.2 Å². The summed E-state index contributed by atoms with van der Waals surface area (Å²) in [5.41, 5.74) is 7.53. The van der Waals surface area contributed by atoms with Crippen molar-refractivity contribution in [2.24, 2.45) is 0 Å². The molecular weight excluding hydrogens is 268 g/mol. The molecule has 0 saturated carbocycles. The molecule has 0 bridgehead atoms. The molecule has 2 aromatic carbocycles. The van der Waals surface area contributed by atoms with Crippen LogP contribution >= 0.6 is 0 Å². The molecule has 2 aromatic rings. The van der Waals surface area contributed by atoms with Crippen LogP contribution in [0.5, 0.6) is 5.75 Å². The number of carbonyl (C=O) groups excluding carboxylic acids is 1. The van der Waals surface area contributed by atoms with Gasteiger partial charge in [0.25, 0.3) is 5.91 Å². The Labute approximate surface area is 123 Å². The highest BCUT2D eigenvalue weighted by molar-refractivity contribution is 5.82. The van der Waals surface area contributed by atoms with E-state index in [1.165, 1.54) is 13.2 Å². The van der Waals surface area contributed by atoms with Crippen LogP contribution < -0.4 is 11.1 Å². The third-order valence-corrected chi connectivity index (χ3v) is 3.13. The molecule has 0 aliphatic rings. The fourth-order valence-corrected chi connectivity index (χ4v) is 2.04. The Balaban J connectivity index is 2.05. The number of amides is 1. The van der Waals surface area contributed by atoms with Gasteiger partial charge in [0.05, 0.1) is 0 Å². The first kappa shape index (κ1) is 14.9. The Bertz CT molecular complexity index is 614. The zero-order valence-electron chi connectivity index (χ0n) is 11.7. The molecule has 1 amide bonds. The van der Waals surface area contributed by atoms with Gasteiger partial charge in [-0.3, -0.25) is 4.79 Å². The lowest BCUT2D eigenvalue weighted by Gasteiger charge is -2.16. The van der Waals surface area contributed by atoms with E-state index in [9.17, 15) is 9.90 Å². The summed E-state index contributed by atoms with van der Waals surface area (Å²) in [6.45, 7) is 0.183. The van der Waals surface area contributed by atoms with E-state index in [4.69, 9.17) is 10.5 Å². The summed E-state index contributed by atoms with van der Waals surface area (Å²) >= 11 is 0.